The van der Waals surface area contributed by atoms with E-state index >= 15 is 0 Å². The van der Waals surface area contributed by atoms with Crippen LogP contribution in [0, 0.1) is 18.3 Å². The van der Waals surface area contributed by atoms with Gasteiger partial charge in [0.2, 0.25) is 5.95 Å². The van der Waals surface area contributed by atoms with Crippen LogP contribution in [0.1, 0.15) is 43.2 Å². The van der Waals surface area contributed by atoms with Crippen molar-refractivity contribution in [1.29, 1.82) is 5.26 Å². The Kier molecular flexibility index (Phi) is 6.06. The highest BCUT2D eigenvalue weighted by molar-refractivity contribution is 9.10. The first kappa shape index (κ1) is 22.8. The van der Waals surface area contributed by atoms with Crippen LogP contribution in [-0.4, -0.2) is 46.7 Å². The van der Waals surface area contributed by atoms with E-state index in [1.807, 2.05) is 32.0 Å². The van der Waals surface area contributed by atoms with E-state index in [1.165, 1.54) is 11.3 Å². The first-order valence-electron chi connectivity index (χ1n) is 11.0. The van der Waals surface area contributed by atoms with Crippen molar-refractivity contribution in [3.8, 4) is 22.3 Å². The van der Waals surface area contributed by atoms with E-state index in [9.17, 15) is 5.11 Å². The van der Waals surface area contributed by atoms with Crippen molar-refractivity contribution in [2.75, 3.05) is 5.32 Å². The predicted molar refractivity (Wildman–Crippen MR) is 134 cm³/mol. The molecule has 0 aliphatic heterocycles. The lowest BCUT2D eigenvalue weighted by Crippen LogP contribution is -2.24. The smallest absolute Gasteiger partial charge is 0.224 e. The first-order chi connectivity index (χ1) is 16.3. The summed E-state index contributed by atoms with van der Waals surface area (Å²) in [6, 6.07) is 8.37. The summed E-state index contributed by atoms with van der Waals surface area (Å²) in [7, 11) is 0. The molecule has 174 valence electrons. The summed E-state index contributed by atoms with van der Waals surface area (Å²) in [5.41, 5.74) is 2.84. The Morgan fingerprint density at radius 1 is 1.38 bits per heavy atom. The molecule has 0 saturated heterocycles. The Morgan fingerprint density at radius 3 is 2.94 bits per heavy atom. The number of hydrogen-bond donors (Lipinski definition) is 2. The van der Waals surface area contributed by atoms with Gasteiger partial charge in [0.25, 0.3) is 0 Å². The van der Waals surface area contributed by atoms with E-state index < -0.39 is 5.60 Å². The molecule has 0 radical (unpaired) electrons. The van der Waals surface area contributed by atoms with Gasteiger partial charge >= 0.3 is 0 Å². The number of benzene rings is 1. The third-order valence-corrected chi connectivity index (χ3v) is 7.48. The molecule has 1 aromatic carbocycles. The van der Waals surface area contributed by atoms with Crippen LogP contribution < -0.4 is 5.32 Å². The molecule has 9 nitrogen and oxygen atoms in total. The number of halogens is 1. The number of hydrogen-bond acceptors (Lipinski definition) is 9. The molecule has 1 aliphatic carbocycles. The predicted octanol–water partition coefficient (Wildman–Crippen LogP) is 4.58. The second-order valence-corrected chi connectivity index (χ2v) is 10.8. The van der Waals surface area contributed by atoms with Crippen LogP contribution in [0.4, 0.5) is 5.95 Å². The molecule has 11 heteroatoms. The second-order valence-electron chi connectivity index (χ2n) is 8.84. The lowest BCUT2D eigenvalue weighted by Gasteiger charge is -2.16. The maximum Gasteiger partial charge on any atom is 0.224 e. The van der Waals surface area contributed by atoms with E-state index in [4.69, 9.17) is 10.2 Å². The minimum absolute atomic E-state index is 0.125. The summed E-state index contributed by atoms with van der Waals surface area (Å²) in [4.78, 5) is 9.22. The maximum atomic E-state index is 10.3. The molecule has 2 atom stereocenters. The number of nitrogens with one attached hydrogen (secondary N) is 1. The molecule has 0 amide bonds. The van der Waals surface area contributed by atoms with Gasteiger partial charge in [-0.05, 0) is 79.2 Å². The topological polar surface area (TPSA) is 125 Å². The van der Waals surface area contributed by atoms with Crippen molar-refractivity contribution < 1.29 is 5.11 Å². The number of anilines is 1. The molecule has 3 heterocycles. The zero-order valence-electron chi connectivity index (χ0n) is 18.8. The lowest BCUT2D eigenvalue weighted by molar-refractivity contribution is 0.0673. The van der Waals surface area contributed by atoms with Gasteiger partial charge in [-0.15, -0.1) is 10.2 Å². The number of aryl methyl sites for hydroxylation is 2. The largest absolute Gasteiger partial charge is 0.390 e. The molecular weight excluding hydrogens is 516 g/mol. The van der Waals surface area contributed by atoms with Gasteiger partial charge in [0.05, 0.1) is 22.7 Å². The van der Waals surface area contributed by atoms with Crippen LogP contribution in [0.15, 0.2) is 29.0 Å². The average molecular weight is 539 g/mol. The second kappa shape index (κ2) is 9.02. The normalized spacial score (nSPS) is 20.0. The highest BCUT2D eigenvalue weighted by atomic mass is 79.9. The van der Waals surface area contributed by atoms with Crippen molar-refractivity contribution in [3.05, 3.63) is 39.6 Å². The summed E-state index contributed by atoms with van der Waals surface area (Å²) < 4.78 is 2.43. The summed E-state index contributed by atoms with van der Waals surface area (Å²) in [5, 5.41) is 38.4. The number of nitrogens with zero attached hydrogens (tertiary/aromatic N) is 7. The van der Waals surface area contributed by atoms with Crippen LogP contribution >= 0.6 is 27.3 Å². The zero-order valence-corrected chi connectivity index (χ0v) is 21.2. The number of rotatable bonds is 6. The Labute approximate surface area is 209 Å². The molecule has 4 aromatic rings. The summed E-state index contributed by atoms with van der Waals surface area (Å²) in [6.45, 7) is 3.79. The summed E-state index contributed by atoms with van der Waals surface area (Å²) >= 11 is 5.06. The van der Waals surface area contributed by atoms with E-state index in [0.29, 0.717) is 35.5 Å². The number of nitriles is 1. The fraction of sp³-hybridized carbons (Fsp3) is 0.391. The van der Waals surface area contributed by atoms with E-state index in [-0.39, 0.29) is 6.04 Å². The van der Waals surface area contributed by atoms with E-state index in [0.717, 1.165) is 45.1 Å². The van der Waals surface area contributed by atoms with Crippen molar-refractivity contribution in [2.24, 2.45) is 0 Å². The van der Waals surface area contributed by atoms with E-state index in [1.54, 1.807) is 10.9 Å². The first-order valence-corrected chi connectivity index (χ1v) is 12.6. The fourth-order valence-corrected chi connectivity index (χ4v) is 5.56. The third-order valence-electron chi connectivity index (χ3n) is 6.03. The van der Waals surface area contributed by atoms with Crippen molar-refractivity contribution in [3.63, 3.8) is 0 Å². The maximum absolute atomic E-state index is 10.3. The molecule has 3 aromatic heterocycles. The van der Waals surface area contributed by atoms with Crippen molar-refractivity contribution in [1.82, 2.24) is 29.9 Å². The number of aromatic nitrogens is 6. The SMILES string of the molecule is Cc1nnc(-c2ccc(-n3nc(Br)c4cnc(N[C@@H]5CC[C@@](C)(O)C5)nc43)cc2CCC#N)s1. The molecule has 1 aliphatic rings. The molecule has 0 spiro atoms. The lowest BCUT2D eigenvalue weighted by atomic mass is 10.0. The Morgan fingerprint density at radius 2 is 2.24 bits per heavy atom. The molecule has 1 fully saturated rings. The van der Waals surface area contributed by atoms with Crippen LogP contribution in [0.3, 0.4) is 0 Å². The fourth-order valence-electron chi connectivity index (χ4n) is 4.37. The zero-order chi connectivity index (χ0) is 23.9. The number of aliphatic hydroxyl groups is 1. The Hall–Kier alpha value is -2.94. The van der Waals surface area contributed by atoms with Gasteiger partial charge in [-0.3, -0.25) is 0 Å². The molecule has 1 saturated carbocycles. The van der Waals surface area contributed by atoms with Gasteiger partial charge in [0, 0.05) is 24.2 Å². The molecule has 5 rings (SSSR count). The van der Waals surface area contributed by atoms with Gasteiger partial charge in [-0.2, -0.15) is 15.3 Å². The summed E-state index contributed by atoms with van der Waals surface area (Å²) in [6.07, 6.45) is 5.03. The highest BCUT2D eigenvalue weighted by Gasteiger charge is 2.33. The quantitative estimate of drug-likeness (QED) is 0.365. The summed E-state index contributed by atoms with van der Waals surface area (Å²) in [5.74, 6) is 0.509. The Balaban J connectivity index is 1.53. The van der Waals surface area contributed by atoms with E-state index in [2.05, 4.69) is 47.6 Å². The molecule has 2 N–H and O–H groups in total. The van der Waals surface area contributed by atoms with Gasteiger partial charge in [-0.1, -0.05) is 11.3 Å². The monoisotopic (exact) mass is 538 g/mol. The van der Waals surface area contributed by atoms with Crippen LogP contribution in [0.5, 0.6) is 0 Å². The minimum Gasteiger partial charge on any atom is -0.390 e. The molecule has 34 heavy (non-hydrogen) atoms. The standard InChI is InChI=1S/C23H23BrN8OS/c1-13-29-30-21(34-13)17-6-5-16(10-14(17)4-3-9-25)32-20-18(19(24)31-32)12-26-22(28-20)27-15-7-8-23(2,33)11-15/h5-6,10,12,15,33H,3-4,7-8,11H2,1-2H3,(H,26,27,28)/t15-,23-/m1/s1. The van der Waals surface area contributed by atoms with Crippen LogP contribution in [0.25, 0.3) is 27.3 Å². The van der Waals surface area contributed by atoms with Gasteiger partial charge < -0.3 is 10.4 Å². The number of fused-ring (bicyclic) bond motifs is 1. The van der Waals surface area contributed by atoms with Gasteiger partial charge in [0.1, 0.15) is 14.6 Å². The van der Waals surface area contributed by atoms with Crippen molar-refractivity contribution in [2.45, 2.75) is 57.6 Å². The van der Waals surface area contributed by atoms with Gasteiger partial charge in [0.15, 0.2) is 5.65 Å². The average Bonchev–Trinajstić information content (AvgIpc) is 3.49. The molecular formula is C23H23BrN8OS. The highest BCUT2D eigenvalue weighted by Crippen LogP contribution is 2.33. The third kappa shape index (κ3) is 4.53. The van der Waals surface area contributed by atoms with Crippen LogP contribution in [0.2, 0.25) is 0 Å². The molecule has 0 unspecified atom stereocenters. The minimum atomic E-state index is -0.653. The Bertz CT molecular complexity index is 1410. The van der Waals surface area contributed by atoms with Crippen LogP contribution in [-0.2, 0) is 6.42 Å². The van der Waals surface area contributed by atoms with Gasteiger partial charge in [-0.25, -0.2) is 9.67 Å². The van der Waals surface area contributed by atoms with Crippen molar-refractivity contribution >= 4 is 44.2 Å². The molecule has 0 bridgehead atoms.